The summed E-state index contributed by atoms with van der Waals surface area (Å²) in [5.41, 5.74) is -0.423. The highest BCUT2D eigenvalue weighted by Crippen LogP contribution is 2.22. The molecule has 1 rings (SSSR count). The van der Waals surface area contributed by atoms with E-state index in [1.807, 2.05) is 6.92 Å². The fourth-order valence-corrected chi connectivity index (χ4v) is 3.54. The molecule has 0 aromatic heterocycles. The molecule has 1 aromatic carbocycles. The fraction of sp³-hybridized carbons (Fsp3) is 0.486. The molecule has 0 saturated heterocycles. The van der Waals surface area contributed by atoms with Crippen LogP contribution in [0.3, 0.4) is 0 Å². The number of hydrogen-bond acceptors (Lipinski definition) is 5. The zero-order chi connectivity index (χ0) is 29.5. The maximum absolute atomic E-state index is 12.7. The van der Waals surface area contributed by atoms with Crippen LogP contribution in [0.1, 0.15) is 103 Å². The van der Waals surface area contributed by atoms with E-state index < -0.39 is 23.6 Å². The van der Waals surface area contributed by atoms with Gasteiger partial charge in [0, 0.05) is 6.61 Å². The van der Waals surface area contributed by atoms with Crippen LogP contribution in [0.2, 0.25) is 0 Å². The molecule has 0 radical (unpaired) electrons. The molecule has 0 aliphatic rings. The van der Waals surface area contributed by atoms with Gasteiger partial charge in [-0.05, 0) is 90.7 Å². The number of rotatable bonds is 19. The van der Waals surface area contributed by atoms with E-state index in [0.29, 0.717) is 13.0 Å². The first-order valence-electron chi connectivity index (χ1n) is 14.7. The van der Waals surface area contributed by atoms with Crippen LogP contribution in [0, 0.1) is 0 Å². The Labute approximate surface area is 242 Å². The predicted molar refractivity (Wildman–Crippen MR) is 166 cm³/mol. The van der Waals surface area contributed by atoms with E-state index in [9.17, 15) is 9.59 Å². The molecule has 0 N–H and O–H groups in total. The second-order valence-corrected chi connectivity index (χ2v) is 10.4. The molecule has 0 saturated carbocycles. The SMILES string of the molecule is CC/C=C\C/C=C\C/C=C\C/C=C\C/C=C\CCCCOC(CC)C(=O)Oc1ccccc1C(=O)OC(C)(C)C. The summed E-state index contributed by atoms with van der Waals surface area (Å²) in [6, 6.07) is 6.61. The van der Waals surface area contributed by atoms with E-state index in [2.05, 4.69) is 67.7 Å². The minimum atomic E-state index is -0.680. The first-order chi connectivity index (χ1) is 19.3. The summed E-state index contributed by atoms with van der Waals surface area (Å²) >= 11 is 0. The lowest BCUT2D eigenvalue weighted by Gasteiger charge is -2.21. The molecule has 220 valence electrons. The van der Waals surface area contributed by atoms with Crippen LogP contribution >= 0.6 is 0 Å². The smallest absolute Gasteiger partial charge is 0.342 e. The molecule has 5 heteroatoms. The van der Waals surface area contributed by atoms with Crippen LogP contribution in [0.25, 0.3) is 0 Å². The molecule has 1 atom stereocenters. The van der Waals surface area contributed by atoms with Crippen molar-refractivity contribution in [3.63, 3.8) is 0 Å². The van der Waals surface area contributed by atoms with Gasteiger partial charge in [0.1, 0.15) is 16.9 Å². The van der Waals surface area contributed by atoms with Crippen molar-refractivity contribution >= 4 is 11.9 Å². The molecule has 0 amide bonds. The average Bonchev–Trinajstić information content (AvgIpc) is 2.91. The Balaban J connectivity index is 2.25. The summed E-state index contributed by atoms with van der Waals surface area (Å²) < 4.78 is 16.8. The summed E-state index contributed by atoms with van der Waals surface area (Å²) in [6.45, 7) is 9.88. The number of carbonyl (C=O) groups excluding carboxylic acids is 2. The summed E-state index contributed by atoms with van der Waals surface area (Å²) in [7, 11) is 0. The Kier molecular flexibility index (Phi) is 18.8. The molecular weight excluding hydrogens is 500 g/mol. The van der Waals surface area contributed by atoms with Gasteiger partial charge in [-0.2, -0.15) is 0 Å². The quantitative estimate of drug-likeness (QED) is 0.0743. The molecule has 0 heterocycles. The summed E-state index contributed by atoms with van der Waals surface area (Å²) in [5.74, 6) is -0.849. The third-order valence-electron chi connectivity index (χ3n) is 5.59. The normalized spacial score (nSPS) is 13.3. The zero-order valence-electron chi connectivity index (χ0n) is 25.3. The first-order valence-corrected chi connectivity index (χ1v) is 14.7. The van der Waals surface area contributed by atoms with E-state index in [1.54, 1.807) is 45.0 Å². The standard InChI is InChI=1S/C35H50O5/c1-6-8-9-10-11-12-13-14-15-16-17-18-19-20-21-22-23-26-29-38-31(7-2)34(37)39-32-28-25-24-27-30(32)33(36)40-35(3,4)5/h8-9,11-12,14-15,17-18,20-21,24-25,27-28,31H,6-7,10,13,16,19,22-23,26,29H2,1-5H3/b9-8-,12-11-,15-14-,18-17-,21-20-. The number of carbonyl (C=O) groups is 2. The molecule has 40 heavy (non-hydrogen) atoms. The van der Waals surface area contributed by atoms with Gasteiger partial charge < -0.3 is 14.2 Å². The number of unbranched alkanes of at least 4 members (excludes halogenated alkanes) is 2. The minimum absolute atomic E-state index is 0.183. The van der Waals surface area contributed by atoms with Crippen molar-refractivity contribution in [1.29, 1.82) is 0 Å². The molecule has 0 fully saturated rings. The van der Waals surface area contributed by atoms with Gasteiger partial charge in [0.25, 0.3) is 0 Å². The second-order valence-electron chi connectivity index (χ2n) is 10.4. The average molecular weight is 551 g/mol. The topological polar surface area (TPSA) is 61.8 Å². The lowest BCUT2D eigenvalue weighted by molar-refractivity contribution is -0.147. The number of benzene rings is 1. The Bertz CT molecular complexity index is 991. The van der Waals surface area contributed by atoms with Crippen LogP contribution in [0.5, 0.6) is 5.75 Å². The monoisotopic (exact) mass is 550 g/mol. The van der Waals surface area contributed by atoms with Crippen molar-refractivity contribution in [2.45, 2.75) is 104 Å². The van der Waals surface area contributed by atoms with Crippen molar-refractivity contribution < 1.29 is 23.8 Å². The lowest BCUT2D eigenvalue weighted by atomic mass is 10.1. The van der Waals surface area contributed by atoms with Crippen LogP contribution in [-0.2, 0) is 14.3 Å². The molecule has 0 bridgehead atoms. The lowest BCUT2D eigenvalue weighted by Crippen LogP contribution is -2.29. The van der Waals surface area contributed by atoms with Crippen LogP contribution in [0.4, 0.5) is 0 Å². The molecule has 5 nitrogen and oxygen atoms in total. The Morgan fingerprint density at radius 3 is 1.88 bits per heavy atom. The molecule has 0 aliphatic carbocycles. The number of ether oxygens (including phenoxy) is 3. The maximum atomic E-state index is 12.7. The van der Waals surface area contributed by atoms with Gasteiger partial charge in [-0.3, -0.25) is 0 Å². The molecule has 1 unspecified atom stereocenters. The van der Waals surface area contributed by atoms with Crippen LogP contribution in [-0.4, -0.2) is 30.3 Å². The van der Waals surface area contributed by atoms with Crippen molar-refractivity contribution in [2.75, 3.05) is 6.61 Å². The number of esters is 2. The van der Waals surface area contributed by atoms with Gasteiger partial charge in [-0.15, -0.1) is 0 Å². The third-order valence-corrected chi connectivity index (χ3v) is 5.59. The molecule has 0 aliphatic heterocycles. The Morgan fingerprint density at radius 2 is 1.32 bits per heavy atom. The van der Waals surface area contributed by atoms with Crippen LogP contribution < -0.4 is 4.74 Å². The molecular formula is C35H50O5. The highest BCUT2D eigenvalue weighted by atomic mass is 16.6. The summed E-state index contributed by atoms with van der Waals surface area (Å²) in [4.78, 5) is 25.2. The Hall–Kier alpha value is -3.18. The largest absolute Gasteiger partial charge is 0.456 e. The number of allylic oxidation sites excluding steroid dienone is 10. The van der Waals surface area contributed by atoms with E-state index >= 15 is 0 Å². The van der Waals surface area contributed by atoms with Gasteiger partial charge in [0.2, 0.25) is 0 Å². The van der Waals surface area contributed by atoms with E-state index in [1.165, 1.54) is 0 Å². The highest BCUT2D eigenvalue weighted by Gasteiger charge is 2.24. The molecule has 1 aromatic rings. The predicted octanol–water partition coefficient (Wildman–Crippen LogP) is 9.26. The first kappa shape index (κ1) is 34.8. The van der Waals surface area contributed by atoms with Crippen molar-refractivity contribution in [2.24, 2.45) is 0 Å². The van der Waals surface area contributed by atoms with Gasteiger partial charge in [-0.1, -0.05) is 86.7 Å². The summed E-state index contributed by atoms with van der Waals surface area (Å²) in [5, 5.41) is 0. The fourth-order valence-electron chi connectivity index (χ4n) is 3.54. The van der Waals surface area contributed by atoms with Gasteiger partial charge in [-0.25, -0.2) is 9.59 Å². The van der Waals surface area contributed by atoms with Crippen molar-refractivity contribution in [3.05, 3.63) is 90.6 Å². The zero-order valence-corrected chi connectivity index (χ0v) is 25.3. The van der Waals surface area contributed by atoms with Gasteiger partial charge in [0.05, 0.1) is 0 Å². The number of para-hydroxylation sites is 1. The highest BCUT2D eigenvalue weighted by molar-refractivity contribution is 5.94. The van der Waals surface area contributed by atoms with Crippen LogP contribution in [0.15, 0.2) is 85.0 Å². The second kappa shape index (κ2) is 21.6. The van der Waals surface area contributed by atoms with E-state index in [4.69, 9.17) is 14.2 Å². The third kappa shape index (κ3) is 17.4. The summed E-state index contributed by atoms with van der Waals surface area (Å²) in [6.07, 6.45) is 29.6. The Morgan fingerprint density at radius 1 is 0.775 bits per heavy atom. The van der Waals surface area contributed by atoms with Gasteiger partial charge in [0.15, 0.2) is 6.10 Å². The number of hydrogen-bond donors (Lipinski definition) is 0. The molecule has 0 spiro atoms. The minimum Gasteiger partial charge on any atom is -0.456 e. The van der Waals surface area contributed by atoms with Crippen molar-refractivity contribution in [1.82, 2.24) is 0 Å². The van der Waals surface area contributed by atoms with Crippen molar-refractivity contribution in [3.8, 4) is 5.75 Å². The van der Waals surface area contributed by atoms with E-state index in [0.717, 1.165) is 51.4 Å². The maximum Gasteiger partial charge on any atom is 0.342 e. The van der Waals surface area contributed by atoms with Gasteiger partial charge >= 0.3 is 11.9 Å². The van der Waals surface area contributed by atoms with E-state index in [-0.39, 0.29) is 11.3 Å².